The Kier molecular flexibility index (Phi) is 4.21. The van der Waals surface area contributed by atoms with Crippen molar-refractivity contribution in [3.8, 4) is 0 Å². The van der Waals surface area contributed by atoms with Crippen LogP contribution in [-0.2, 0) is 12.8 Å². The fourth-order valence-corrected chi connectivity index (χ4v) is 2.74. The Morgan fingerprint density at radius 2 is 2.42 bits per heavy atom. The van der Waals surface area contributed by atoms with Crippen molar-refractivity contribution in [1.29, 1.82) is 0 Å². The van der Waals surface area contributed by atoms with Crippen molar-refractivity contribution in [1.82, 2.24) is 15.5 Å². The molecule has 0 aliphatic carbocycles. The van der Waals surface area contributed by atoms with Gasteiger partial charge in [-0.05, 0) is 24.8 Å². The van der Waals surface area contributed by atoms with Gasteiger partial charge in [0.05, 0.1) is 11.4 Å². The van der Waals surface area contributed by atoms with Crippen molar-refractivity contribution in [2.24, 2.45) is 0 Å². The van der Waals surface area contributed by atoms with Gasteiger partial charge in [0.1, 0.15) is 0 Å². The molecule has 2 heterocycles. The summed E-state index contributed by atoms with van der Waals surface area (Å²) in [6.45, 7) is 3.94. The number of aromatic amines is 1. The number of carbonyl (C=O) groups excluding carboxylic acids is 1. The highest BCUT2D eigenvalue weighted by Crippen LogP contribution is 2.15. The molecule has 1 unspecified atom stereocenters. The zero-order valence-corrected chi connectivity index (χ0v) is 11.9. The van der Waals surface area contributed by atoms with Crippen LogP contribution in [0.3, 0.4) is 0 Å². The van der Waals surface area contributed by atoms with Gasteiger partial charge in [-0.15, -0.1) is 11.3 Å². The number of carbonyl (C=O) groups is 1. The molecule has 0 aliphatic rings. The first-order valence-corrected chi connectivity index (χ1v) is 7.15. The third kappa shape index (κ3) is 3.14. The van der Waals surface area contributed by atoms with Gasteiger partial charge in [0, 0.05) is 17.3 Å². The number of nitrogen functional groups attached to an aromatic ring is 1. The first-order chi connectivity index (χ1) is 9.11. The van der Waals surface area contributed by atoms with E-state index < -0.39 is 0 Å². The van der Waals surface area contributed by atoms with Crippen LogP contribution in [0.15, 0.2) is 17.5 Å². The Bertz CT molecular complexity index is 547. The van der Waals surface area contributed by atoms with E-state index in [0.717, 1.165) is 18.5 Å². The molecule has 0 saturated carbocycles. The number of aryl methyl sites for hydroxylation is 1. The molecule has 0 fully saturated rings. The lowest BCUT2D eigenvalue weighted by Crippen LogP contribution is -2.34. The van der Waals surface area contributed by atoms with Crippen LogP contribution in [0.5, 0.6) is 0 Å². The van der Waals surface area contributed by atoms with Crippen LogP contribution in [0.2, 0.25) is 0 Å². The SMILES string of the molecule is CCc1[nH]nc(C(=O)NC(C)Cc2cccs2)c1N. The predicted octanol–water partition coefficient (Wildman–Crippen LogP) is 1.98. The van der Waals surface area contributed by atoms with E-state index in [-0.39, 0.29) is 17.6 Å². The Labute approximate surface area is 116 Å². The number of rotatable bonds is 5. The van der Waals surface area contributed by atoms with E-state index in [1.54, 1.807) is 11.3 Å². The smallest absolute Gasteiger partial charge is 0.274 e. The molecule has 1 atom stereocenters. The van der Waals surface area contributed by atoms with Crippen molar-refractivity contribution < 1.29 is 4.79 Å². The van der Waals surface area contributed by atoms with E-state index in [1.807, 2.05) is 25.3 Å². The molecule has 2 rings (SSSR count). The fraction of sp³-hybridized carbons (Fsp3) is 0.385. The number of hydrogen-bond acceptors (Lipinski definition) is 4. The predicted molar refractivity (Wildman–Crippen MR) is 77.3 cm³/mol. The summed E-state index contributed by atoms with van der Waals surface area (Å²) in [5.41, 5.74) is 7.41. The Balaban J connectivity index is 1.98. The average molecular weight is 278 g/mol. The summed E-state index contributed by atoms with van der Waals surface area (Å²) in [5, 5.41) is 11.7. The van der Waals surface area contributed by atoms with Gasteiger partial charge < -0.3 is 11.1 Å². The molecule has 0 aromatic carbocycles. The summed E-state index contributed by atoms with van der Waals surface area (Å²) >= 11 is 1.69. The molecule has 102 valence electrons. The monoisotopic (exact) mass is 278 g/mol. The van der Waals surface area contributed by atoms with Crippen molar-refractivity contribution in [3.05, 3.63) is 33.8 Å². The van der Waals surface area contributed by atoms with E-state index in [0.29, 0.717) is 5.69 Å². The molecule has 0 bridgehead atoms. The fourth-order valence-electron chi connectivity index (χ4n) is 1.90. The molecule has 0 radical (unpaired) electrons. The third-order valence-corrected chi connectivity index (χ3v) is 3.82. The minimum absolute atomic E-state index is 0.0485. The summed E-state index contributed by atoms with van der Waals surface area (Å²) in [6, 6.07) is 4.12. The van der Waals surface area contributed by atoms with Gasteiger partial charge >= 0.3 is 0 Å². The van der Waals surface area contributed by atoms with Gasteiger partial charge in [0.25, 0.3) is 5.91 Å². The van der Waals surface area contributed by atoms with Crippen molar-refractivity contribution in [3.63, 3.8) is 0 Å². The van der Waals surface area contributed by atoms with Gasteiger partial charge in [0.2, 0.25) is 0 Å². The number of amides is 1. The lowest BCUT2D eigenvalue weighted by Gasteiger charge is -2.12. The topological polar surface area (TPSA) is 83.8 Å². The summed E-state index contributed by atoms with van der Waals surface area (Å²) in [6.07, 6.45) is 1.55. The first-order valence-electron chi connectivity index (χ1n) is 6.27. The third-order valence-electron chi connectivity index (χ3n) is 2.92. The number of H-pyrrole nitrogens is 1. The molecule has 0 aliphatic heterocycles. The maximum atomic E-state index is 12.1. The molecule has 4 N–H and O–H groups in total. The van der Waals surface area contributed by atoms with Crippen molar-refractivity contribution in [2.75, 3.05) is 5.73 Å². The van der Waals surface area contributed by atoms with Crippen LogP contribution in [0.1, 0.15) is 34.9 Å². The molecule has 2 aromatic rings. The number of aromatic nitrogens is 2. The second-order valence-electron chi connectivity index (χ2n) is 4.48. The molecule has 19 heavy (non-hydrogen) atoms. The minimum atomic E-state index is -0.225. The Morgan fingerprint density at radius 3 is 3.00 bits per heavy atom. The van der Waals surface area contributed by atoms with Crippen molar-refractivity contribution in [2.45, 2.75) is 32.7 Å². The number of nitrogens with zero attached hydrogens (tertiary/aromatic N) is 1. The van der Waals surface area contributed by atoms with E-state index in [4.69, 9.17) is 5.73 Å². The lowest BCUT2D eigenvalue weighted by atomic mass is 10.2. The Hall–Kier alpha value is -1.82. The summed E-state index contributed by atoms with van der Waals surface area (Å²) < 4.78 is 0. The molecule has 6 heteroatoms. The molecule has 2 aromatic heterocycles. The van der Waals surface area contributed by atoms with Gasteiger partial charge in [0.15, 0.2) is 5.69 Å². The second kappa shape index (κ2) is 5.88. The van der Waals surface area contributed by atoms with Crippen LogP contribution in [0.25, 0.3) is 0 Å². The van der Waals surface area contributed by atoms with Gasteiger partial charge in [-0.2, -0.15) is 5.10 Å². The number of nitrogens with one attached hydrogen (secondary N) is 2. The van der Waals surface area contributed by atoms with Gasteiger partial charge in [-0.1, -0.05) is 13.0 Å². The highest BCUT2D eigenvalue weighted by atomic mass is 32.1. The van der Waals surface area contributed by atoms with E-state index >= 15 is 0 Å². The van der Waals surface area contributed by atoms with Crippen LogP contribution in [0.4, 0.5) is 5.69 Å². The molecule has 0 spiro atoms. The van der Waals surface area contributed by atoms with E-state index in [2.05, 4.69) is 21.6 Å². The van der Waals surface area contributed by atoms with Crippen LogP contribution < -0.4 is 11.1 Å². The summed E-state index contributed by atoms with van der Waals surface area (Å²) in [4.78, 5) is 13.3. The quantitative estimate of drug-likeness (QED) is 0.782. The molecular weight excluding hydrogens is 260 g/mol. The lowest BCUT2D eigenvalue weighted by molar-refractivity contribution is 0.0936. The number of anilines is 1. The van der Waals surface area contributed by atoms with Gasteiger partial charge in [-0.3, -0.25) is 9.89 Å². The largest absolute Gasteiger partial charge is 0.395 e. The zero-order chi connectivity index (χ0) is 13.8. The van der Waals surface area contributed by atoms with E-state index in [9.17, 15) is 4.79 Å². The average Bonchev–Trinajstić information content (AvgIpc) is 2.98. The summed E-state index contributed by atoms with van der Waals surface area (Å²) in [7, 11) is 0. The maximum absolute atomic E-state index is 12.1. The Morgan fingerprint density at radius 1 is 1.63 bits per heavy atom. The zero-order valence-electron chi connectivity index (χ0n) is 11.1. The molecular formula is C13H18N4OS. The molecule has 0 saturated heterocycles. The molecule has 5 nitrogen and oxygen atoms in total. The van der Waals surface area contributed by atoms with E-state index in [1.165, 1.54) is 4.88 Å². The number of nitrogens with two attached hydrogens (primary N) is 1. The minimum Gasteiger partial charge on any atom is -0.395 e. The van der Waals surface area contributed by atoms with Crippen LogP contribution in [0, 0.1) is 0 Å². The summed E-state index contributed by atoms with van der Waals surface area (Å²) in [5.74, 6) is -0.225. The standard InChI is InChI=1S/C13H18N4OS/c1-3-10-11(14)12(17-16-10)13(18)15-8(2)7-9-5-4-6-19-9/h4-6,8H,3,7,14H2,1-2H3,(H,15,18)(H,16,17). The van der Waals surface area contributed by atoms with Crippen molar-refractivity contribution >= 4 is 22.9 Å². The highest BCUT2D eigenvalue weighted by molar-refractivity contribution is 7.09. The van der Waals surface area contributed by atoms with Gasteiger partial charge in [-0.25, -0.2) is 0 Å². The molecule has 1 amide bonds. The normalized spacial score (nSPS) is 12.3. The van der Waals surface area contributed by atoms with Crippen LogP contribution >= 0.6 is 11.3 Å². The highest BCUT2D eigenvalue weighted by Gasteiger charge is 2.18. The first kappa shape index (κ1) is 13.6. The number of hydrogen-bond donors (Lipinski definition) is 3. The second-order valence-corrected chi connectivity index (χ2v) is 5.51. The van der Waals surface area contributed by atoms with Crippen LogP contribution in [-0.4, -0.2) is 22.1 Å². The number of thiophene rings is 1. The maximum Gasteiger partial charge on any atom is 0.274 e.